The number of carboxylic acid groups (broad SMARTS) is 1. The third-order valence-electron chi connectivity index (χ3n) is 4.86. The van der Waals surface area contributed by atoms with Crippen molar-refractivity contribution in [2.75, 3.05) is 33.7 Å². The molecule has 0 aliphatic carbocycles. The van der Waals surface area contributed by atoms with Gasteiger partial charge in [-0.05, 0) is 51.7 Å². The number of nitrogens with zero attached hydrogens (tertiary/aromatic N) is 2. The van der Waals surface area contributed by atoms with Crippen LogP contribution in [-0.4, -0.2) is 73.0 Å². The van der Waals surface area contributed by atoms with Crippen LogP contribution in [0.2, 0.25) is 0 Å². The molecule has 1 aromatic rings. The van der Waals surface area contributed by atoms with Crippen LogP contribution in [0, 0.1) is 11.8 Å². The Morgan fingerprint density at radius 1 is 0.971 bits per heavy atom. The van der Waals surface area contributed by atoms with Crippen LogP contribution in [0.25, 0.3) is 0 Å². The van der Waals surface area contributed by atoms with Gasteiger partial charge in [-0.15, -0.1) is 0 Å². The molecule has 1 fully saturated rings. The first-order valence-electron chi connectivity index (χ1n) is 12.5. The first-order valence-corrected chi connectivity index (χ1v) is 12.5. The molecule has 0 aromatic heterocycles. The average molecular weight is 492 g/mol. The molecule has 0 bridgehead atoms. The van der Waals surface area contributed by atoms with Crippen molar-refractivity contribution < 1.29 is 19.5 Å². The molecule has 1 saturated heterocycles. The standard InChI is InChI=1S/C12H20N2O4.C6H13N.C6H6.C4H10/c1-8(2)10(5-9(3)12(17)18)14(4)11(16)6-13-7-15;1-7-5-3-2-4-6-7;1-2-4-6-5-3-1;1-4(2)3/h5,7-8,10H,6H2,1-4H3,(H,13,15)(H,17,18);2-6H2,1H3;1-6H;4H,1-3H3/b9-5+;;;/t10-;;;/m1.../s1. The average Bonchev–Trinajstić information content (AvgIpc) is 2.82. The van der Waals surface area contributed by atoms with E-state index in [4.69, 9.17) is 5.11 Å². The maximum absolute atomic E-state index is 11.7. The Morgan fingerprint density at radius 3 is 1.69 bits per heavy atom. The molecular formula is C28H49N3O4. The summed E-state index contributed by atoms with van der Waals surface area (Å²) < 4.78 is 0. The number of piperidine rings is 1. The van der Waals surface area contributed by atoms with Gasteiger partial charge >= 0.3 is 5.97 Å². The molecule has 0 spiro atoms. The van der Waals surface area contributed by atoms with Crippen molar-refractivity contribution in [1.29, 1.82) is 0 Å². The van der Waals surface area contributed by atoms with Crippen LogP contribution in [0.1, 0.15) is 60.8 Å². The van der Waals surface area contributed by atoms with E-state index in [1.807, 2.05) is 50.2 Å². The lowest BCUT2D eigenvalue weighted by molar-refractivity contribution is -0.133. The third kappa shape index (κ3) is 21.6. The molecule has 200 valence electrons. The number of rotatable bonds is 7. The molecule has 2 N–H and O–H groups in total. The van der Waals surface area contributed by atoms with Crippen LogP contribution in [0.5, 0.6) is 0 Å². The van der Waals surface area contributed by atoms with Crippen molar-refractivity contribution in [3.05, 3.63) is 48.0 Å². The lowest BCUT2D eigenvalue weighted by atomic mass is 10.00. The van der Waals surface area contributed by atoms with Gasteiger partial charge in [0, 0.05) is 12.6 Å². The Kier molecular flexibility index (Phi) is 21.5. The zero-order valence-electron chi connectivity index (χ0n) is 23.2. The van der Waals surface area contributed by atoms with Gasteiger partial charge in [-0.25, -0.2) is 4.79 Å². The molecule has 1 aromatic carbocycles. The Labute approximate surface area is 213 Å². The number of nitrogens with one attached hydrogen (secondary N) is 1. The fourth-order valence-corrected chi connectivity index (χ4v) is 2.94. The van der Waals surface area contributed by atoms with Gasteiger partial charge in [-0.2, -0.15) is 0 Å². The Hall–Kier alpha value is -2.67. The van der Waals surface area contributed by atoms with Gasteiger partial charge in [-0.1, -0.05) is 83.5 Å². The smallest absolute Gasteiger partial charge is 0.331 e. The monoisotopic (exact) mass is 491 g/mol. The number of carboxylic acids is 1. The highest BCUT2D eigenvalue weighted by molar-refractivity contribution is 5.86. The molecule has 0 saturated carbocycles. The predicted octanol–water partition coefficient (Wildman–Crippen LogP) is 4.70. The van der Waals surface area contributed by atoms with E-state index in [-0.39, 0.29) is 30.0 Å². The van der Waals surface area contributed by atoms with Crippen LogP contribution in [0.3, 0.4) is 0 Å². The molecule has 35 heavy (non-hydrogen) atoms. The van der Waals surface area contributed by atoms with Crippen molar-refractivity contribution in [1.82, 2.24) is 15.1 Å². The third-order valence-corrected chi connectivity index (χ3v) is 4.86. The van der Waals surface area contributed by atoms with E-state index in [0.717, 1.165) is 5.92 Å². The van der Waals surface area contributed by atoms with Gasteiger partial charge < -0.3 is 20.2 Å². The van der Waals surface area contributed by atoms with Crippen LogP contribution in [-0.2, 0) is 14.4 Å². The molecule has 1 aliphatic heterocycles. The van der Waals surface area contributed by atoms with E-state index in [1.54, 1.807) is 13.1 Å². The molecule has 1 atom stereocenters. The van der Waals surface area contributed by atoms with Gasteiger partial charge in [0.2, 0.25) is 12.3 Å². The number of likely N-dealkylation sites (N-methyl/N-ethyl adjacent to an activating group) is 1. The van der Waals surface area contributed by atoms with Crippen molar-refractivity contribution >= 4 is 18.3 Å². The van der Waals surface area contributed by atoms with E-state index < -0.39 is 5.97 Å². The summed E-state index contributed by atoms with van der Waals surface area (Å²) in [5.41, 5.74) is 0.191. The number of hydrogen-bond donors (Lipinski definition) is 2. The summed E-state index contributed by atoms with van der Waals surface area (Å²) in [6.07, 6.45) is 6.28. The summed E-state index contributed by atoms with van der Waals surface area (Å²) in [4.78, 5) is 36.5. The Morgan fingerprint density at radius 2 is 1.40 bits per heavy atom. The Balaban J connectivity index is 0. The van der Waals surface area contributed by atoms with Crippen molar-refractivity contribution in [2.45, 2.75) is 66.8 Å². The van der Waals surface area contributed by atoms with E-state index in [9.17, 15) is 14.4 Å². The first kappa shape index (κ1) is 34.5. The summed E-state index contributed by atoms with van der Waals surface area (Å²) in [5.74, 6) is -0.368. The Bertz CT molecular complexity index is 670. The molecule has 2 rings (SSSR count). The van der Waals surface area contributed by atoms with Crippen LogP contribution in [0.15, 0.2) is 48.0 Å². The quantitative estimate of drug-likeness (QED) is 0.426. The minimum atomic E-state index is -1.01. The molecule has 7 heteroatoms. The molecular weight excluding hydrogens is 442 g/mol. The second-order valence-corrected chi connectivity index (χ2v) is 9.64. The SMILES string of the molecule is C/C(=C\[C@H](C(C)C)N(C)C(=O)CNC=O)C(=O)O.CC(C)C.CN1CCCCC1.c1ccccc1. The fraction of sp³-hybridized carbons (Fsp3) is 0.607. The summed E-state index contributed by atoms with van der Waals surface area (Å²) in [6, 6.07) is 11.7. The molecule has 1 aliphatic rings. The second-order valence-electron chi connectivity index (χ2n) is 9.64. The highest BCUT2D eigenvalue weighted by atomic mass is 16.4. The lowest BCUT2D eigenvalue weighted by Crippen LogP contribution is -2.43. The van der Waals surface area contributed by atoms with Crippen molar-refractivity contribution in [2.24, 2.45) is 11.8 Å². The van der Waals surface area contributed by atoms with E-state index in [1.165, 1.54) is 44.2 Å². The van der Waals surface area contributed by atoms with Crippen LogP contribution < -0.4 is 5.32 Å². The molecule has 2 amide bonds. The highest BCUT2D eigenvalue weighted by Gasteiger charge is 2.21. The van der Waals surface area contributed by atoms with Gasteiger partial charge in [0.25, 0.3) is 0 Å². The summed E-state index contributed by atoms with van der Waals surface area (Å²) in [6.45, 7) is 14.3. The number of amides is 2. The molecule has 0 radical (unpaired) electrons. The summed E-state index contributed by atoms with van der Waals surface area (Å²) in [5, 5.41) is 11.1. The van der Waals surface area contributed by atoms with E-state index >= 15 is 0 Å². The van der Waals surface area contributed by atoms with Gasteiger partial charge in [0.05, 0.1) is 12.6 Å². The first-order chi connectivity index (χ1) is 16.4. The topological polar surface area (TPSA) is 90.0 Å². The number of carbonyl (C=O) groups is 3. The normalized spacial score (nSPS) is 14.2. The largest absolute Gasteiger partial charge is 0.478 e. The predicted molar refractivity (Wildman–Crippen MR) is 145 cm³/mol. The van der Waals surface area contributed by atoms with Crippen LogP contribution in [0.4, 0.5) is 0 Å². The minimum absolute atomic E-state index is 0.0736. The highest BCUT2D eigenvalue weighted by Crippen LogP contribution is 2.13. The zero-order chi connectivity index (χ0) is 27.2. The minimum Gasteiger partial charge on any atom is -0.478 e. The second kappa shape index (κ2) is 21.8. The lowest BCUT2D eigenvalue weighted by Gasteiger charge is -2.29. The number of benzene rings is 1. The number of aliphatic carboxylic acids is 1. The van der Waals surface area contributed by atoms with E-state index in [2.05, 4.69) is 38.0 Å². The zero-order valence-corrected chi connectivity index (χ0v) is 23.2. The van der Waals surface area contributed by atoms with Crippen LogP contribution >= 0.6 is 0 Å². The maximum Gasteiger partial charge on any atom is 0.331 e. The summed E-state index contributed by atoms with van der Waals surface area (Å²) >= 11 is 0. The van der Waals surface area contributed by atoms with Gasteiger partial charge in [-0.3, -0.25) is 9.59 Å². The number of likely N-dealkylation sites (tertiary alicyclic amines) is 1. The van der Waals surface area contributed by atoms with Gasteiger partial charge in [0.15, 0.2) is 0 Å². The number of carbonyl (C=O) groups excluding carboxylic acids is 2. The van der Waals surface area contributed by atoms with Crippen molar-refractivity contribution in [3.8, 4) is 0 Å². The summed E-state index contributed by atoms with van der Waals surface area (Å²) in [7, 11) is 3.78. The van der Waals surface area contributed by atoms with Gasteiger partial charge in [0.1, 0.15) is 0 Å². The maximum atomic E-state index is 11.7. The molecule has 0 unspecified atom stereocenters. The van der Waals surface area contributed by atoms with Crippen molar-refractivity contribution in [3.63, 3.8) is 0 Å². The fourth-order valence-electron chi connectivity index (χ4n) is 2.94. The molecule has 1 heterocycles. The number of hydrogen-bond acceptors (Lipinski definition) is 4. The molecule has 7 nitrogen and oxygen atoms in total. The van der Waals surface area contributed by atoms with E-state index in [0.29, 0.717) is 6.41 Å².